The third-order valence-electron chi connectivity index (χ3n) is 4.47. The average molecular weight is 381 g/mol. The summed E-state index contributed by atoms with van der Waals surface area (Å²) in [6, 6.07) is 0. The van der Waals surface area contributed by atoms with Gasteiger partial charge in [-0.25, -0.2) is 11.1 Å². The van der Waals surface area contributed by atoms with E-state index in [2.05, 4.69) is 67.5 Å². The molecule has 0 fully saturated rings. The molecular weight excluding hydrogens is 355 g/mol. The van der Waals surface area contributed by atoms with Crippen molar-refractivity contribution >= 4 is 7.25 Å². The second-order valence-corrected chi connectivity index (χ2v) is 6.09. The van der Waals surface area contributed by atoms with Crippen molar-refractivity contribution in [3.8, 4) is 0 Å². The molecule has 0 saturated carbocycles. The number of halogens is 4. The zero-order valence-corrected chi connectivity index (χ0v) is 16.9. The van der Waals surface area contributed by atoms with E-state index in [0.717, 1.165) is 0 Å². The molecule has 2 atom stereocenters. The van der Waals surface area contributed by atoms with Crippen LogP contribution in [0.5, 0.6) is 0 Å². The van der Waals surface area contributed by atoms with Crippen molar-refractivity contribution in [3.05, 3.63) is 45.6 Å². The van der Waals surface area contributed by atoms with E-state index in [0.29, 0.717) is 11.8 Å². The van der Waals surface area contributed by atoms with Crippen molar-refractivity contribution in [2.75, 3.05) is 0 Å². The molecule has 0 heterocycles. The van der Waals surface area contributed by atoms with Crippen LogP contribution in [-0.2, 0) is 17.4 Å². The van der Waals surface area contributed by atoms with Crippen LogP contribution in [0.4, 0.5) is 17.3 Å². The van der Waals surface area contributed by atoms with Crippen LogP contribution in [0, 0.1) is 24.0 Å². The summed E-state index contributed by atoms with van der Waals surface area (Å²) < 4.78 is 39.0. The molecule has 2 aliphatic carbocycles. The first-order chi connectivity index (χ1) is 10.3. The SMILES string of the molecule is CC1=[C-]C(C)C(C)=C1C.CC1=[C-]C(C)C(C)=C1C.F[B-](F)(F)F.[Cr+2]. The van der Waals surface area contributed by atoms with Crippen molar-refractivity contribution in [3.63, 3.8) is 0 Å². The molecule has 0 radical (unpaired) electrons. The maximum atomic E-state index is 9.75. The Morgan fingerprint density at radius 2 is 0.875 bits per heavy atom. The summed E-state index contributed by atoms with van der Waals surface area (Å²) in [4.78, 5) is 0. The minimum Gasteiger partial charge on any atom is -0.418 e. The zero-order valence-electron chi connectivity index (χ0n) is 15.7. The number of hydrogen-bond donors (Lipinski definition) is 0. The number of hydrogen-bond acceptors (Lipinski definition) is 0. The Kier molecular flexibility index (Phi) is 11.0. The van der Waals surface area contributed by atoms with E-state index < -0.39 is 7.25 Å². The minimum atomic E-state index is -6.00. The standard InChI is InChI=1S/2C9H13.BF4.Cr/c2*1-6-5-7(2)9(4)8(6)3;2-1(3,4)5;/h2*6H,1-4H3;;/q3*-1;+2. The van der Waals surface area contributed by atoms with Gasteiger partial charge in [0.2, 0.25) is 0 Å². The molecule has 24 heavy (non-hydrogen) atoms. The molecule has 136 valence electrons. The zero-order chi connectivity index (χ0) is 18.5. The number of allylic oxidation sites excluding steroid dienone is 8. The largest absolute Gasteiger partial charge is 2.00 e. The van der Waals surface area contributed by atoms with Crippen molar-refractivity contribution in [2.45, 2.75) is 55.4 Å². The average Bonchev–Trinajstić information content (AvgIpc) is 2.74. The Hall–Kier alpha value is -0.723. The van der Waals surface area contributed by atoms with Gasteiger partial charge >= 0.3 is 24.6 Å². The Balaban J connectivity index is 0. The maximum Gasteiger partial charge on any atom is 2.00 e. The van der Waals surface area contributed by atoms with Crippen LogP contribution in [0.15, 0.2) is 33.4 Å². The first kappa shape index (κ1) is 25.5. The molecule has 0 bridgehead atoms. The number of rotatable bonds is 0. The van der Waals surface area contributed by atoms with Crippen LogP contribution in [0.2, 0.25) is 0 Å². The van der Waals surface area contributed by atoms with Gasteiger partial charge in [-0.15, -0.1) is 13.8 Å². The fraction of sp³-hybridized carbons (Fsp3) is 0.556. The second kappa shape index (κ2) is 10.3. The molecule has 0 saturated heterocycles. The Bertz CT molecular complexity index is 504. The van der Waals surface area contributed by atoms with Gasteiger partial charge in [0, 0.05) is 0 Å². The van der Waals surface area contributed by atoms with Crippen LogP contribution in [-0.4, -0.2) is 7.25 Å². The quantitative estimate of drug-likeness (QED) is 0.248. The van der Waals surface area contributed by atoms with E-state index in [9.17, 15) is 17.3 Å². The molecular formula is C18H26BCrF4-. The smallest absolute Gasteiger partial charge is 0.418 e. The van der Waals surface area contributed by atoms with E-state index in [-0.39, 0.29) is 17.4 Å². The summed E-state index contributed by atoms with van der Waals surface area (Å²) in [5.41, 5.74) is 8.49. The summed E-state index contributed by atoms with van der Waals surface area (Å²) >= 11 is 0. The van der Waals surface area contributed by atoms with Gasteiger partial charge in [0.1, 0.15) is 0 Å². The first-order valence-corrected chi connectivity index (χ1v) is 7.68. The van der Waals surface area contributed by atoms with Gasteiger partial charge in [-0.05, 0) is 0 Å². The van der Waals surface area contributed by atoms with Gasteiger partial charge < -0.3 is 17.3 Å². The molecule has 0 aromatic carbocycles. The van der Waals surface area contributed by atoms with E-state index in [1.54, 1.807) is 0 Å². The molecule has 0 spiro atoms. The van der Waals surface area contributed by atoms with Gasteiger partial charge in [-0.3, -0.25) is 12.2 Å². The summed E-state index contributed by atoms with van der Waals surface area (Å²) in [5.74, 6) is 1.12. The summed E-state index contributed by atoms with van der Waals surface area (Å²) in [6.45, 7) is 17.3. The van der Waals surface area contributed by atoms with Crippen LogP contribution in [0.1, 0.15) is 55.4 Å². The van der Waals surface area contributed by atoms with E-state index in [4.69, 9.17) is 0 Å². The normalized spacial score (nSPS) is 22.8. The predicted octanol–water partition coefficient (Wildman–Crippen LogP) is 6.74. The van der Waals surface area contributed by atoms with Gasteiger partial charge in [-0.2, -0.15) is 22.3 Å². The molecule has 2 unspecified atom stereocenters. The fourth-order valence-electron chi connectivity index (χ4n) is 2.32. The summed E-state index contributed by atoms with van der Waals surface area (Å²) in [7, 11) is -6.00. The van der Waals surface area contributed by atoms with Crippen LogP contribution < -0.4 is 0 Å². The maximum absolute atomic E-state index is 9.75. The summed E-state index contributed by atoms with van der Waals surface area (Å²) in [5, 5.41) is 0. The van der Waals surface area contributed by atoms with E-state index >= 15 is 0 Å². The van der Waals surface area contributed by atoms with Gasteiger partial charge in [-0.1, -0.05) is 53.4 Å². The van der Waals surface area contributed by atoms with E-state index in [1.807, 2.05) is 0 Å². The molecule has 0 amide bonds. The predicted molar refractivity (Wildman–Crippen MR) is 90.1 cm³/mol. The molecule has 0 aromatic rings. The van der Waals surface area contributed by atoms with Gasteiger partial charge in [0.25, 0.3) is 0 Å². The molecule has 2 aliphatic rings. The molecule has 2 rings (SSSR count). The Morgan fingerprint density at radius 3 is 0.917 bits per heavy atom. The second-order valence-electron chi connectivity index (χ2n) is 6.09. The van der Waals surface area contributed by atoms with Gasteiger partial charge in [0.05, 0.1) is 0 Å². The fourth-order valence-corrected chi connectivity index (χ4v) is 2.32. The molecule has 0 N–H and O–H groups in total. The summed E-state index contributed by atoms with van der Waals surface area (Å²) in [6.07, 6.45) is 6.72. The van der Waals surface area contributed by atoms with Crippen LogP contribution >= 0.6 is 0 Å². The Morgan fingerprint density at radius 1 is 0.667 bits per heavy atom. The van der Waals surface area contributed by atoms with Crippen molar-refractivity contribution < 1.29 is 34.6 Å². The Labute approximate surface area is 155 Å². The molecule has 0 aromatic heterocycles. The monoisotopic (exact) mass is 381 g/mol. The molecule has 0 aliphatic heterocycles. The van der Waals surface area contributed by atoms with Crippen LogP contribution in [0.3, 0.4) is 0 Å². The minimum absolute atomic E-state index is 0. The molecule has 6 heteroatoms. The van der Waals surface area contributed by atoms with Gasteiger partial charge in [0.15, 0.2) is 0 Å². The van der Waals surface area contributed by atoms with Crippen molar-refractivity contribution in [1.29, 1.82) is 0 Å². The van der Waals surface area contributed by atoms with Crippen LogP contribution in [0.25, 0.3) is 0 Å². The molecule has 0 nitrogen and oxygen atoms in total. The third-order valence-corrected chi connectivity index (χ3v) is 4.47. The van der Waals surface area contributed by atoms with E-state index in [1.165, 1.54) is 33.4 Å². The third kappa shape index (κ3) is 8.94. The van der Waals surface area contributed by atoms with Crippen molar-refractivity contribution in [1.82, 2.24) is 0 Å². The van der Waals surface area contributed by atoms with Crippen molar-refractivity contribution in [2.24, 2.45) is 11.8 Å². The first-order valence-electron chi connectivity index (χ1n) is 7.68. The topological polar surface area (TPSA) is 0 Å².